The molecule has 2 aromatic carbocycles. The Bertz CT molecular complexity index is 846. The quantitative estimate of drug-likeness (QED) is 0.773. The van der Waals surface area contributed by atoms with Crippen molar-refractivity contribution in [1.82, 2.24) is 9.97 Å². The predicted molar refractivity (Wildman–Crippen MR) is 92.6 cm³/mol. The number of carbonyl (C=O) groups excluding carboxylic acids is 1. The summed E-state index contributed by atoms with van der Waals surface area (Å²) >= 11 is 0. The molecule has 1 aromatic heterocycles. The van der Waals surface area contributed by atoms with Gasteiger partial charge in [0.05, 0.1) is 24.0 Å². The van der Waals surface area contributed by atoms with Gasteiger partial charge in [-0.3, -0.25) is 4.79 Å². The van der Waals surface area contributed by atoms with Crippen molar-refractivity contribution in [3.8, 4) is 17.0 Å². The van der Waals surface area contributed by atoms with Crippen LogP contribution in [0.15, 0.2) is 60.8 Å². The molecule has 0 saturated heterocycles. The molecule has 0 aliphatic heterocycles. The second kappa shape index (κ2) is 6.91. The third-order valence-electron chi connectivity index (χ3n) is 3.58. The van der Waals surface area contributed by atoms with Gasteiger partial charge in [0.15, 0.2) is 5.82 Å². The normalized spacial score (nSPS) is 10.4. The summed E-state index contributed by atoms with van der Waals surface area (Å²) in [5.41, 5.74) is 3.13. The van der Waals surface area contributed by atoms with Crippen LogP contribution >= 0.6 is 0 Å². The third-order valence-corrected chi connectivity index (χ3v) is 3.58. The number of amides is 1. The van der Waals surface area contributed by atoms with Crippen LogP contribution in [0.4, 0.5) is 5.82 Å². The molecular formula is C19H17N3O2. The van der Waals surface area contributed by atoms with E-state index in [0.717, 1.165) is 11.1 Å². The summed E-state index contributed by atoms with van der Waals surface area (Å²) < 4.78 is 0. The fourth-order valence-electron chi connectivity index (χ4n) is 2.33. The summed E-state index contributed by atoms with van der Waals surface area (Å²) in [4.78, 5) is 20.9. The molecule has 3 aromatic rings. The number of nitrogens with one attached hydrogen (secondary N) is 1. The molecule has 3 rings (SSSR count). The second-order valence-corrected chi connectivity index (χ2v) is 5.45. The van der Waals surface area contributed by atoms with E-state index in [1.165, 1.54) is 0 Å². The van der Waals surface area contributed by atoms with Gasteiger partial charge in [0.25, 0.3) is 0 Å². The van der Waals surface area contributed by atoms with E-state index in [2.05, 4.69) is 15.3 Å². The molecule has 24 heavy (non-hydrogen) atoms. The number of rotatable bonds is 4. The Hall–Kier alpha value is -3.21. The summed E-state index contributed by atoms with van der Waals surface area (Å²) in [6.07, 6.45) is 1.90. The summed E-state index contributed by atoms with van der Waals surface area (Å²) in [7, 11) is 0. The molecule has 0 radical (unpaired) electrons. The first-order valence-electron chi connectivity index (χ1n) is 7.58. The maximum atomic E-state index is 12.1. The zero-order valence-corrected chi connectivity index (χ0v) is 13.2. The first-order chi connectivity index (χ1) is 11.6. The van der Waals surface area contributed by atoms with E-state index < -0.39 is 0 Å². The first kappa shape index (κ1) is 15.7. The van der Waals surface area contributed by atoms with Crippen molar-refractivity contribution in [2.24, 2.45) is 0 Å². The number of aryl methyl sites for hydroxylation is 1. The fraction of sp³-hybridized carbons (Fsp3) is 0.105. The molecule has 0 unspecified atom stereocenters. The fourth-order valence-corrected chi connectivity index (χ4v) is 2.33. The Balaban J connectivity index is 1.73. The van der Waals surface area contributed by atoms with Crippen LogP contribution in [0.3, 0.4) is 0 Å². The Morgan fingerprint density at radius 3 is 2.46 bits per heavy atom. The molecule has 5 heteroatoms. The summed E-state index contributed by atoms with van der Waals surface area (Å²) in [5, 5.41) is 12.1. The number of nitrogens with zero attached hydrogens (tertiary/aromatic N) is 2. The minimum absolute atomic E-state index is 0.129. The largest absolute Gasteiger partial charge is 0.508 e. The van der Waals surface area contributed by atoms with Crippen LogP contribution in [-0.4, -0.2) is 21.0 Å². The van der Waals surface area contributed by atoms with Crippen LogP contribution in [0.2, 0.25) is 0 Å². The van der Waals surface area contributed by atoms with Crippen molar-refractivity contribution in [3.05, 3.63) is 72.1 Å². The van der Waals surface area contributed by atoms with Crippen molar-refractivity contribution in [2.75, 3.05) is 5.32 Å². The zero-order valence-electron chi connectivity index (χ0n) is 13.2. The summed E-state index contributed by atoms with van der Waals surface area (Å²) in [5.74, 6) is 0.530. The molecule has 5 nitrogen and oxygen atoms in total. The Morgan fingerprint density at radius 1 is 1.08 bits per heavy atom. The van der Waals surface area contributed by atoms with Crippen molar-refractivity contribution < 1.29 is 9.90 Å². The maximum Gasteiger partial charge on any atom is 0.229 e. The van der Waals surface area contributed by atoms with Crippen LogP contribution in [-0.2, 0) is 11.2 Å². The molecular weight excluding hydrogens is 302 g/mol. The van der Waals surface area contributed by atoms with Gasteiger partial charge in [-0.05, 0) is 36.8 Å². The van der Waals surface area contributed by atoms with Crippen molar-refractivity contribution in [2.45, 2.75) is 13.3 Å². The number of aromatic nitrogens is 2. The Labute approximate surface area is 140 Å². The van der Waals surface area contributed by atoms with E-state index in [9.17, 15) is 9.90 Å². The number of hydrogen-bond acceptors (Lipinski definition) is 4. The molecule has 0 spiro atoms. The molecule has 120 valence electrons. The lowest BCUT2D eigenvalue weighted by Gasteiger charge is -2.09. The number of phenols is 1. The van der Waals surface area contributed by atoms with Crippen LogP contribution in [0, 0.1) is 6.92 Å². The molecule has 0 bridgehead atoms. The minimum atomic E-state index is -0.129. The molecule has 0 aliphatic carbocycles. The van der Waals surface area contributed by atoms with Gasteiger partial charge in [-0.15, -0.1) is 0 Å². The molecule has 0 fully saturated rings. The number of hydrogen-bond donors (Lipinski definition) is 2. The van der Waals surface area contributed by atoms with Gasteiger partial charge in [-0.1, -0.05) is 30.3 Å². The second-order valence-electron chi connectivity index (χ2n) is 5.45. The monoisotopic (exact) mass is 319 g/mol. The van der Waals surface area contributed by atoms with E-state index in [1.54, 1.807) is 37.4 Å². The first-order valence-corrected chi connectivity index (χ1v) is 7.58. The standard InChI is InChI=1S/C19H17N3O2/c1-13-19(22-18(24)11-14-5-3-2-4-6-14)20-12-17(21-13)15-7-9-16(23)10-8-15/h2-10,12,23H,11H2,1H3,(H,20,22,24). The zero-order chi connectivity index (χ0) is 16.9. The van der Waals surface area contributed by atoms with Crippen LogP contribution < -0.4 is 5.32 Å². The molecule has 0 saturated carbocycles. The van der Waals surface area contributed by atoms with Gasteiger partial charge < -0.3 is 10.4 Å². The Kier molecular flexibility index (Phi) is 4.52. The SMILES string of the molecule is Cc1nc(-c2ccc(O)cc2)cnc1NC(=O)Cc1ccccc1. The van der Waals surface area contributed by atoms with E-state index >= 15 is 0 Å². The minimum Gasteiger partial charge on any atom is -0.508 e. The van der Waals surface area contributed by atoms with Crippen LogP contribution in [0.25, 0.3) is 11.3 Å². The van der Waals surface area contributed by atoms with E-state index in [4.69, 9.17) is 0 Å². The van der Waals surface area contributed by atoms with Gasteiger partial charge in [-0.25, -0.2) is 9.97 Å². The average Bonchev–Trinajstić information content (AvgIpc) is 2.58. The van der Waals surface area contributed by atoms with Crippen molar-refractivity contribution >= 4 is 11.7 Å². The highest BCUT2D eigenvalue weighted by Gasteiger charge is 2.09. The molecule has 2 N–H and O–H groups in total. The number of aromatic hydroxyl groups is 1. The van der Waals surface area contributed by atoms with E-state index in [1.807, 2.05) is 30.3 Å². The van der Waals surface area contributed by atoms with Gasteiger partial charge in [-0.2, -0.15) is 0 Å². The van der Waals surface area contributed by atoms with Crippen molar-refractivity contribution in [3.63, 3.8) is 0 Å². The highest BCUT2D eigenvalue weighted by atomic mass is 16.3. The van der Waals surface area contributed by atoms with E-state index in [0.29, 0.717) is 23.6 Å². The lowest BCUT2D eigenvalue weighted by Crippen LogP contribution is -2.16. The van der Waals surface area contributed by atoms with Crippen molar-refractivity contribution in [1.29, 1.82) is 0 Å². The van der Waals surface area contributed by atoms with E-state index in [-0.39, 0.29) is 11.7 Å². The average molecular weight is 319 g/mol. The lowest BCUT2D eigenvalue weighted by molar-refractivity contribution is -0.115. The molecule has 0 atom stereocenters. The maximum absolute atomic E-state index is 12.1. The van der Waals surface area contributed by atoms with Crippen LogP contribution in [0.1, 0.15) is 11.3 Å². The van der Waals surface area contributed by atoms with Gasteiger partial charge >= 0.3 is 0 Å². The number of carbonyl (C=O) groups is 1. The molecule has 1 amide bonds. The topological polar surface area (TPSA) is 75.1 Å². The summed E-state index contributed by atoms with van der Waals surface area (Å²) in [6, 6.07) is 16.3. The van der Waals surface area contributed by atoms with Gasteiger partial charge in [0.2, 0.25) is 5.91 Å². The molecule has 0 aliphatic rings. The lowest BCUT2D eigenvalue weighted by atomic mass is 10.1. The highest BCUT2D eigenvalue weighted by molar-refractivity contribution is 5.91. The number of benzene rings is 2. The third kappa shape index (κ3) is 3.76. The number of anilines is 1. The van der Waals surface area contributed by atoms with Gasteiger partial charge in [0.1, 0.15) is 5.75 Å². The highest BCUT2D eigenvalue weighted by Crippen LogP contribution is 2.21. The van der Waals surface area contributed by atoms with Crippen LogP contribution in [0.5, 0.6) is 5.75 Å². The smallest absolute Gasteiger partial charge is 0.229 e. The predicted octanol–water partition coefficient (Wildman–Crippen LogP) is 3.34. The number of phenolic OH excluding ortho intramolecular Hbond substituents is 1. The Morgan fingerprint density at radius 2 is 1.79 bits per heavy atom. The molecule has 1 heterocycles. The van der Waals surface area contributed by atoms with Gasteiger partial charge in [0, 0.05) is 5.56 Å². The summed E-state index contributed by atoms with van der Waals surface area (Å²) in [6.45, 7) is 1.80.